The maximum absolute atomic E-state index is 13.1. The van der Waals surface area contributed by atoms with E-state index < -0.39 is 17.7 Å². The predicted molar refractivity (Wildman–Crippen MR) is 80.0 cm³/mol. The molecule has 0 unspecified atom stereocenters. The van der Waals surface area contributed by atoms with Crippen LogP contribution < -0.4 is 4.74 Å². The minimum atomic E-state index is -4.53. The number of ether oxygens (including phenoxy) is 1. The van der Waals surface area contributed by atoms with E-state index in [4.69, 9.17) is 9.84 Å². The predicted octanol–water partition coefficient (Wildman–Crippen LogP) is 3.96. The third kappa shape index (κ3) is 2.66. The molecule has 0 aliphatic rings. The molecule has 24 heavy (non-hydrogen) atoms. The Morgan fingerprint density at radius 3 is 2.58 bits per heavy atom. The fraction of sp³-hybridized carbons (Fsp3) is 0.125. The summed E-state index contributed by atoms with van der Waals surface area (Å²) < 4.78 is 44.5. The molecule has 2 N–H and O–H groups in total. The van der Waals surface area contributed by atoms with Gasteiger partial charge in [-0.2, -0.15) is 18.3 Å². The van der Waals surface area contributed by atoms with Gasteiger partial charge in [0.05, 0.1) is 30.0 Å². The average Bonchev–Trinajstić information content (AvgIpc) is 3.01. The van der Waals surface area contributed by atoms with E-state index in [0.717, 1.165) is 12.1 Å². The summed E-state index contributed by atoms with van der Waals surface area (Å²) >= 11 is 0. The lowest BCUT2D eigenvalue weighted by molar-refractivity contribution is -0.137. The maximum Gasteiger partial charge on any atom is 0.416 e. The van der Waals surface area contributed by atoms with Gasteiger partial charge in [0.2, 0.25) is 0 Å². The van der Waals surface area contributed by atoms with Gasteiger partial charge in [0, 0.05) is 10.9 Å². The second kappa shape index (κ2) is 5.55. The first-order chi connectivity index (χ1) is 11.3. The summed E-state index contributed by atoms with van der Waals surface area (Å²) in [4.78, 5) is 11.1. The smallest absolute Gasteiger partial charge is 0.416 e. The molecule has 1 aromatic heterocycles. The van der Waals surface area contributed by atoms with Gasteiger partial charge in [-0.3, -0.25) is 5.10 Å². The molecule has 0 fully saturated rings. The van der Waals surface area contributed by atoms with Crippen molar-refractivity contribution in [2.24, 2.45) is 0 Å². The van der Waals surface area contributed by atoms with Crippen LogP contribution in [0.3, 0.4) is 0 Å². The molecule has 0 saturated heterocycles. The van der Waals surface area contributed by atoms with Crippen molar-refractivity contribution in [3.8, 4) is 16.9 Å². The quantitative estimate of drug-likeness (QED) is 0.759. The van der Waals surface area contributed by atoms with Gasteiger partial charge < -0.3 is 9.84 Å². The van der Waals surface area contributed by atoms with Crippen molar-refractivity contribution >= 4 is 16.9 Å². The minimum absolute atomic E-state index is 0.0222. The van der Waals surface area contributed by atoms with Crippen molar-refractivity contribution in [3.63, 3.8) is 0 Å². The zero-order valence-corrected chi connectivity index (χ0v) is 12.3. The molecular weight excluding hydrogens is 325 g/mol. The number of methoxy groups -OCH3 is 1. The molecule has 0 atom stereocenters. The Bertz CT molecular complexity index is 932. The number of aromatic amines is 1. The molecule has 0 aliphatic carbocycles. The van der Waals surface area contributed by atoms with Crippen LogP contribution in [0.5, 0.6) is 5.75 Å². The van der Waals surface area contributed by atoms with Crippen LogP contribution in [0, 0.1) is 0 Å². The summed E-state index contributed by atoms with van der Waals surface area (Å²) in [5.41, 5.74) is -0.0313. The summed E-state index contributed by atoms with van der Waals surface area (Å²) in [7, 11) is 1.32. The van der Waals surface area contributed by atoms with Crippen molar-refractivity contribution in [3.05, 3.63) is 47.7 Å². The lowest BCUT2D eigenvalue weighted by Crippen LogP contribution is -2.05. The first kappa shape index (κ1) is 15.9. The third-order valence-corrected chi connectivity index (χ3v) is 3.62. The Morgan fingerprint density at radius 1 is 1.21 bits per heavy atom. The number of nitrogens with one attached hydrogen (secondary N) is 1. The Labute approximate surface area is 133 Å². The molecule has 0 spiro atoms. The zero-order chi connectivity index (χ0) is 17.5. The number of alkyl halides is 3. The number of aromatic carboxylic acids is 1. The Balaban J connectivity index is 2.29. The number of nitrogens with zero attached hydrogens (tertiary/aromatic N) is 1. The summed E-state index contributed by atoms with van der Waals surface area (Å²) in [6, 6.07) is 5.97. The number of benzene rings is 2. The Kier molecular flexibility index (Phi) is 3.67. The number of hydrogen-bond acceptors (Lipinski definition) is 3. The van der Waals surface area contributed by atoms with E-state index in [-0.39, 0.29) is 22.4 Å². The van der Waals surface area contributed by atoms with Gasteiger partial charge in [-0.25, -0.2) is 4.79 Å². The first-order valence-electron chi connectivity index (χ1n) is 6.77. The van der Waals surface area contributed by atoms with E-state index >= 15 is 0 Å². The van der Waals surface area contributed by atoms with Gasteiger partial charge in [0.15, 0.2) is 0 Å². The topological polar surface area (TPSA) is 75.2 Å². The zero-order valence-electron chi connectivity index (χ0n) is 12.3. The highest BCUT2D eigenvalue weighted by Crippen LogP contribution is 2.39. The van der Waals surface area contributed by atoms with Crippen molar-refractivity contribution in [2.45, 2.75) is 6.18 Å². The molecule has 5 nitrogen and oxygen atoms in total. The van der Waals surface area contributed by atoms with E-state index in [1.54, 1.807) is 0 Å². The van der Waals surface area contributed by atoms with Gasteiger partial charge >= 0.3 is 12.1 Å². The molecule has 0 amide bonds. The van der Waals surface area contributed by atoms with Gasteiger partial charge in [-0.1, -0.05) is 0 Å². The number of H-pyrrole nitrogens is 1. The van der Waals surface area contributed by atoms with Crippen LogP contribution in [-0.2, 0) is 6.18 Å². The van der Waals surface area contributed by atoms with Crippen LogP contribution >= 0.6 is 0 Å². The number of halogens is 3. The second-order valence-corrected chi connectivity index (χ2v) is 5.07. The van der Waals surface area contributed by atoms with Crippen LogP contribution in [0.1, 0.15) is 15.9 Å². The number of carbonyl (C=O) groups is 1. The average molecular weight is 336 g/mol. The Morgan fingerprint density at radius 2 is 1.96 bits per heavy atom. The van der Waals surface area contributed by atoms with E-state index in [1.807, 2.05) is 0 Å². The molecule has 2 aromatic carbocycles. The summed E-state index contributed by atoms with van der Waals surface area (Å²) in [5, 5.41) is 15.8. The summed E-state index contributed by atoms with van der Waals surface area (Å²) in [6.07, 6.45) is -3.11. The van der Waals surface area contributed by atoms with Crippen molar-refractivity contribution < 1.29 is 27.8 Å². The Hall–Kier alpha value is -3.03. The number of carboxylic acid groups (broad SMARTS) is 1. The largest absolute Gasteiger partial charge is 0.496 e. The minimum Gasteiger partial charge on any atom is -0.496 e. The van der Waals surface area contributed by atoms with Crippen molar-refractivity contribution in [1.29, 1.82) is 0 Å². The van der Waals surface area contributed by atoms with Crippen LogP contribution in [0.4, 0.5) is 13.2 Å². The maximum atomic E-state index is 13.1. The molecule has 0 saturated carbocycles. The molecule has 0 aliphatic heterocycles. The SMILES string of the molecule is COc1cc(C(=O)O)ccc1-c1cc(C(F)(F)F)cc2[nH]ncc12. The molecule has 1 heterocycles. The highest BCUT2D eigenvalue weighted by atomic mass is 19.4. The standard InChI is InChI=1S/C16H11F3N2O3/c1-24-14-4-8(15(22)23)2-3-10(14)11-5-9(16(17,18)19)6-13-12(11)7-20-21-13/h2-7H,1H3,(H,20,21)(H,22,23). The number of rotatable bonds is 3. The van der Waals surface area contributed by atoms with Gasteiger partial charge in [0.1, 0.15) is 5.75 Å². The van der Waals surface area contributed by atoms with Crippen molar-refractivity contribution in [1.82, 2.24) is 10.2 Å². The molecule has 8 heteroatoms. The molecule has 0 radical (unpaired) electrons. The number of fused-ring (bicyclic) bond motifs is 1. The van der Waals surface area contributed by atoms with Gasteiger partial charge in [0.25, 0.3) is 0 Å². The highest BCUT2D eigenvalue weighted by Gasteiger charge is 2.32. The molecule has 0 bridgehead atoms. The fourth-order valence-corrected chi connectivity index (χ4v) is 2.48. The molecule has 3 aromatic rings. The number of aromatic nitrogens is 2. The van der Waals surface area contributed by atoms with E-state index in [9.17, 15) is 18.0 Å². The lowest BCUT2D eigenvalue weighted by atomic mass is 9.97. The first-order valence-corrected chi connectivity index (χ1v) is 6.77. The molecule has 124 valence electrons. The highest BCUT2D eigenvalue weighted by molar-refractivity contribution is 5.98. The number of hydrogen-bond donors (Lipinski definition) is 2. The van der Waals surface area contributed by atoms with Crippen LogP contribution in [-0.4, -0.2) is 28.4 Å². The van der Waals surface area contributed by atoms with E-state index in [2.05, 4.69) is 10.2 Å². The second-order valence-electron chi connectivity index (χ2n) is 5.07. The van der Waals surface area contributed by atoms with Crippen LogP contribution in [0.25, 0.3) is 22.0 Å². The van der Waals surface area contributed by atoms with E-state index in [0.29, 0.717) is 10.9 Å². The van der Waals surface area contributed by atoms with Gasteiger partial charge in [-0.15, -0.1) is 0 Å². The van der Waals surface area contributed by atoms with Crippen LogP contribution in [0.15, 0.2) is 36.5 Å². The fourth-order valence-electron chi connectivity index (χ4n) is 2.48. The molecular formula is C16H11F3N2O3. The lowest BCUT2D eigenvalue weighted by Gasteiger charge is -2.13. The van der Waals surface area contributed by atoms with Crippen LogP contribution in [0.2, 0.25) is 0 Å². The summed E-state index contributed by atoms with van der Waals surface area (Å²) in [6.45, 7) is 0. The third-order valence-electron chi connectivity index (χ3n) is 3.62. The molecule has 3 rings (SSSR count). The number of carboxylic acids is 1. The van der Waals surface area contributed by atoms with Crippen molar-refractivity contribution in [2.75, 3.05) is 7.11 Å². The summed E-state index contributed by atoms with van der Waals surface area (Å²) in [5.74, 6) is -0.992. The monoisotopic (exact) mass is 336 g/mol. The van der Waals surface area contributed by atoms with Gasteiger partial charge in [-0.05, 0) is 35.9 Å². The normalized spacial score (nSPS) is 11.7. The van der Waals surface area contributed by atoms with E-state index in [1.165, 1.54) is 31.5 Å².